The Morgan fingerprint density at radius 2 is 2.05 bits per heavy atom. The number of hydrogen-bond donors (Lipinski definition) is 0. The van der Waals surface area contributed by atoms with Crippen molar-refractivity contribution in [2.45, 2.75) is 46.3 Å². The Bertz CT molecular complexity index is 480. The van der Waals surface area contributed by atoms with E-state index in [-0.39, 0.29) is 5.41 Å². The minimum Gasteiger partial charge on any atom is -0.377 e. The molecule has 3 rings (SSSR count). The van der Waals surface area contributed by atoms with Gasteiger partial charge in [0.05, 0.1) is 6.10 Å². The summed E-state index contributed by atoms with van der Waals surface area (Å²) < 4.78 is 5.87. The molecule has 0 amide bonds. The number of hydrogen-bond acceptors (Lipinski definition) is 4. The lowest BCUT2D eigenvalue weighted by molar-refractivity contribution is -0.101. The molecule has 4 heteroatoms. The van der Waals surface area contributed by atoms with Crippen LogP contribution in [0.3, 0.4) is 0 Å². The van der Waals surface area contributed by atoms with Crippen LogP contribution < -0.4 is 4.90 Å². The summed E-state index contributed by atoms with van der Waals surface area (Å²) in [6.45, 7) is 9.51. The first-order valence-corrected chi connectivity index (χ1v) is 7.08. The van der Waals surface area contributed by atoms with Crippen LogP contribution in [0.25, 0.3) is 0 Å². The van der Waals surface area contributed by atoms with Crippen LogP contribution in [0, 0.1) is 25.2 Å². The summed E-state index contributed by atoms with van der Waals surface area (Å²) in [5.74, 6) is 2.53. The van der Waals surface area contributed by atoms with E-state index in [0.29, 0.717) is 18.1 Å². The van der Waals surface area contributed by atoms with Gasteiger partial charge in [0.2, 0.25) is 0 Å². The number of fused-ring (bicyclic) bond motifs is 1. The van der Waals surface area contributed by atoms with Crippen LogP contribution in [-0.4, -0.2) is 35.8 Å². The van der Waals surface area contributed by atoms with E-state index in [1.807, 2.05) is 13.8 Å². The van der Waals surface area contributed by atoms with Crippen LogP contribution >= 0.6 is 0 Å². The molecule has 4 nitrogen and oxygen atoms in total. The molecule has 2 aliphatic rings. The van der Waals surface area contributed by atoms with E-state index in [4.69, 9.17) is 4.74 Å². The van der Waals surface area contributed by atoms with Crippen LogP contribution in [0.2, 0.25) is 0 Å². The van der Waals surface area contributed by atoms with Gasteiger partial charge in [0.1, 0.15) is 11.6 Å². The van der Waals surface area contributed by atoms with Gasteiger partial charge >= 0.3 is 0 Å². The smallest absolute Gasteiger partial charge is 0.132 e. The zero-order valence-corrected chi connectivity index (χ0v) is 12.5. The summed E-state index contributed by atoms with van der Waals surface area (Å²) >= 11 is 0. The maximum Gasteiger partial charge on any atom is 0.132 e. The second-order valence-corrected chi connectivity index (χ2v) is 6.54. The Balaban J connectivity index is 1.89. The molecule has 1 saturated carbocycles. The number of aryl methyl sites for hydroxylation is 2. The van der Waals surface area contributed by atoms with Crippen molar-refractivity contribution in [3.63, 3.8) is 0 Å². The summed E-state index contributed by atoms with van der Waals surface area (Å²) in [7, 11) is 2.15. The van der Waals surface area contributed by atoms with E-state index >= 15 is 0 Å². The summed E-state index contributed by atoms with van der Waals surface area (Å²) in [6.07, 6.45) is 1.59. The Morgan fingerprint density at radius 3 is 2.74 bits per heavy atom. The van der Waals surface area contributed by atoms with Gasteiger partial charge in [0.15, 0.2) is 0 Å². The number of aromatic nitrogens is 2. The van der Waals surface area contributed by atoms with Gasteiger partial charge in [0, 0.05) is 42.8 Å². The Labute approximate surface area is 115 Å². The van der Waals surface area contributed by atoms with E-state index in [0.717, 1.165) is 23.9 Å². The van der Waals surface area contributed by atoms with Crippen molar-refractivity contribution in [2.75, 3.05) is 18.6 Å². The molecule has 1 saturated heterocycles. The maximum atomic E-state index is 5.87. The number of rotatable bonds is 2. The Hall–Kier alpha value is -1.16. The molecule has 2 heterocycles. The molecule has 3 atom stereocenters. The SMILES string of the molecule is Cc1cc(N(C)[C@@H]2[C@@H]3CCO[C@H]3C2(C)C)nc(C)n1. The molecule has 19 heavy (non-hydrogen) atoms. The second kappa shape index (κ2) is 4.17. The van der Waals surface area contributed by atoms with E-state index in [1.54, 1.807) is 0 Å². The summed E-state index contributed by atoms with van der Waals surface area (Å²) in [5, 5.41) is 0. The highest BCUT2D eigenvalue weighted by Crippen LogP contribution is 2.54. The third-order valence-corrected chi connectivity index (χ3v) is 4.77. The summed E-state index contributed by atoms with van der Waals surface area (Å²) in [6, 6.07) is 2.58. The molecular formula is C15H23N3O. The predicted octanol–water partition coefficient (Wildman–Crippen LogP) is 2.34. The van der Waals surface area contributed by atoms with Crippen molar-refractivity contribution in [3.8, 4) is 0 Å². The van der Waals surface area contributed by atoms with Gasteiger partial charge in [0.25, 0.3) is 0 Å². The average molecular weight is 261 g/mol. The lowest BCUT2D eigenvalue weighted by atomic mass is 9.57. The van der Waals surface area contributed by atoms with Crippen LogP contribution in [0.15, 0.2) is 6.07 Å². The molecular weight excluding hydrogens is 238 g/mol. The van der Waals surface area contributed by atoms with Crippen LogP contribution in [0.5, 0.6) is 0 Å². The molecule has 0 unspecified atom stereocenters. The third-order valence-electron chi connectivity index (χ3n) is 4.77. The Morgan fingerprint density at radius 1 is 1.32 bits per heavy atom. The molecule has 1 aromatic rings. The van der Waals surface area contributed by atoms with E-state index in [9.17, 15) is 0 Å². The fraction of sp³-hybridized carbons (Fsp3) is 0.733. The Kier molecular flexibility index (Phi) is 2.82. The van der Waals surface area contributed by atoms with Crippen molar-refractivity contribution in [1.29, 1.82) is 0 Å². The first-order valence-electron chi connectivity index (χ1n) is 7.08. The van der Waals surface area contributed by atoms with Crippen molar-refractivity contribution < 1.29 is 4.74 Å². The fourth-order valence-corrected chi connectivity index (χ4v) is 4.10. The number of ether oxygens (including phenoxy) is 1. The van der Waals surface area contributed by atoms with Crippen molar-refractivity contribution in [3.05, 3.63) is 17.6 Å². The highest BCUT2D eigenvalue weighted by molar-refractivity contribution is 5.43. The third kappa shape index (κ3) is 1.84. The highest BCUT2D eigenvalue weighted by Gasteiger charge is 2.61. The lowest BCUT2D eigenvalue weighted by Crippen LogP contribution is -2.66. The van der Waals surface area contributed by atoms with E-state index in [1.165, 1.54) is 6.42 Å². The van der Waals surface area contributed by atoms with Crippen LogP contribution in [-0.2, 0) is 4.74 Å². The topological polar surface area (TPSA) is 38.2 Å². The lowest BCUT2D eigenvalue weighted by Gasteiger charge is -2.58. The average Bonchev–Trinajstić information content (AvgIpc) is 2.73. The van der Waals surface area contributed by atoms with Crippen molar-refractivity contribution in [2.24, 2.45) is 11.3 Å². The molecule has 1 aromatic heterocycles. The molecule has 2 fully saturated rings. The number of nitrogens with zero attached hydrogens (tertiary/aromatic N) is 3. The predicted molar refractivity (Wildman–Crippen MR) is 75.3 cm³/mol. The van der Waals surface area contributed by atoms with Crippen LogP contribution in [0.1, 0.15) is 31.8 Å². The minimum atomic E-state index is 0.197. The van der Waals surface area contributed by atoms with Crippen LogP contribution in [0.4, 0.5) is 5.82 Å². The molecule has 0 spiro atoms. The van der Waals surface area contributed by atoms with E-state index in [2.05, 4.69) is 41.8 Å². The molecule has 0 N–H and O–H groups in total. The van der Waals surface area contributed by atoms with Gasteiger partial charge in [-0.3, -0.25) is 0 Å². The van der Waals surface area contributed by atoms with Gasteiger partial charge in [-0.1, -0.05) is 13.8 Å². The molecule has 0 bridgehead atoms. The maximum absolute atomic E-state index is 5.87. The van der Waals surface area contributed by atoms with Gasteiger partial charge < -0.3 is 9.64 Å². The summed E-state index contributed by atoms with van der Waals surface area (Å²) in [4.78, 5) is 11.3. The van der Waals surface area contributed by atoms with Crippen molar-refractivity contribution in [1.82, 2.24) is 9.97 Å². The van der Waals surface area contributed by atoms with Crippen molar-refractivity contribution >= 4 is 5.82 Å². The standard InChI is InChI=1S/C15H23N3O/c1-9-8-12(17-10(2)16-9)18(5)13-11-6-7-19-14(11)15(13,3)4/h8,11,13-14H,6-7H2,1-5H3/t11-,13+,14+/m0/s1. The molecule has 1 aliphatic heterocycles. The molecule has 0 aromatic carbocycles. The van der Waals surface area contributed by atoms with Gasteiger partial charge in [-0.05, 0) is 20.3 Å². The zero-order valence-electron chi connectivity index (χ0n) is 12.5. The fourth-order valence-electron chi connectivity index (χ4n) is 4.10. The summed E-state index contributed by atoms with van der Waals surface area (Å²) in [5.41, 5.74) is 1.23. The first-order chi connectivity index (χ1) is 8.91. The van der Waals surface area contributed by atoms with Gasteiger partial charge in [-0.15, -0.1) is 0 Å². The second-order valence-electron chi connectivity index (χ2n) is 6.54. The minimum absolute atomic E-state index is 0.197. The number of anilines is 1. The zero-order chi connectivity index (χ0) is 13.8. The monoisotopic (exact) mass is 261 g/mol. The van der Waals surface area contributed by atoms with E-state index < -0.39 is 0 Å². The molecule has 1 aliphatic carbocycles. The van der Waals surface area contributed by atoms with Gasteiger partial charge in [-0.25, -0.2) is 9.97 Å². The normalized spacial score (nSPS) is 31.7. The van der Waals surface area contributed by atoms with Gasteiger partial charge in [-0.2, -0.15) is 0 Å². The first kappa shape index (κ1) is 12.9. The quantitative estimate of drug-likeness (QED) is 0.819. The largest absolute Gasteiger partial charge is 0.377 e. The highest BCUT2D eigenvalue weighted by atomic mass is 16.5. The molecule has 104 valence electrons. The molecule has 0 radical (unpaired) electrons.